The second-order valence-corrected chi connectivity index (χ2v) is 1.96. The van der Waals surface area contributed by atoms with E-state index in [0.717, 1.165) is 0 Å². The van der Waals surface area contributed by atoms with Crippen LogP contribution in [0.3, 0.4) is 0 Å². The van der Waals surface area contributed by atoms with E-state index in [4.69, 9.17) is 0 Å². The van der Waals surface area contributed by atoms with Crippen LogP contribution in [0.25, 0.3) is 0 Å². The molecular formula is C9H23FO2. The lowest BCUT2D eigenvalue weighted by Gasteiger charge is -1.91. The van der Waals surface area contributed by atoms with Gasteiger partial charge in [-0.2, -0.15) is 0 Å². The molecule has 0 unspecified atom stereocenters. The largest absolute Gasteiger partial charge is 0.382 e. The van der Waals surface area contributed by atoms with E-state index < -0.39 is 0 Å². The summed E-state index contributed by atoms with van der Waals surface area (Å²) >= 11 is 0. The molecule has 0 heterocycles. The normalized spacial score (nSPS) is 7.50. The predicted octanol–water partition coefficient (Wildman–Crippen LogP) is 2.67. The van der Waals surface area contributed by atoms with Crippen LogP contribution in [0.5, 0.6) is 0 Å². The monoisotopic (exact) mass is 182 g/mol. The van der Waals surface area contributed by atoms with E-state index in [9.17, 15) is 4.39 Å². The summed E-state index contributed by atoms with van der Waals surface area (Å²) in [5.74, 6) is 0. The summed E-state index contributed by atoms with van der Waals surface area (Å²) in [4.78, 5) is 0. The van der Waals surface area contributed by atoms with E-state index in [-0.39, 0.29) is 6.67 Å². The van der Waals surface area contributed by atoms with Crippen LogP contribution in [-0.2, 0) is 9.47 Å². The van der Waals surface area contributed by atoms with Gasteiger partial charge in [0.25, 0.3) is 0 Å². The highest BCUT2D eigenvalue weighted by Gasteiger charge is 1.73. The quantitative estimate of drug-likeness (QED) is 0.625. The van der Waals surface area contributed by atoms with Crippen molar-refractivity contribution in [3.8, 4) is 0 Å². The summed E-state index contributed by atoms with van der Waals surface area (Å²) in [5.41, 5.74) is 0. The van der Waals surface area contributed by atoms with Crippen LogP contribution < -0.4 is 0 Å². The lowest BCUT2D eigenvalue weighted by Crippen LogP contribution is -1.96. The van der Waals surface area contributed by atoms with Gasteiger partial charge in [-0.3, -0.25) is 4.39 Å². The number of hydrogen-bond acceptors (Lipinski definition) is 2. The zero-order valence-electron chi connectivity index (χ0n) is 9.02. The number of rotatable bonds is 3. The third-order valence-electron chi connectivity index (χ3n) is 0.492. The molecule has 12 heavy (non-hydrogen) atoms. The average molecular weight is 182 g/mol. The van der Waals surface area contributed by atoms with Gasteiger partial charge in [0.2, 0.25) is 0 Å². The van der Waals surface area contributed by atoms with Crippen LogP contribution >= 0.6 is 0 Å². The van der Waals surface area contributed by atoms with E-state index in [2.05, 4.69) is 23.3 Å². The molecule has 0 atom stereocenters. The Morgan fingerprint density at radius 3 is 1.17 bits per heavy atom. The number of alkyl halides is 1. The Balaban J connectivity index is -0.000000115. The predicted molar refractivity (Wildman–Crippen MR) is 51.4 cm³/mol. The maximum atomic E-state index is 10.3. The molecule has 2 nitrogen and oxygen atoms in total. The minimum atomic E-state index is -0.250. The van der Waals surface area contributed by atoms with E-state index >= 15 is 0 Å². The van der Waals surface area contributed by atoms with Crippen LogP contribution in [0.4, 0.5) is 4.39 Å². The molecule has 0 N–H and O–H groups in total. The molecule has 3 heteroatoms. The van der Waals surface area contributed by atoms with Gasteiger partial charge in [-0.1, -0.05) is 20.3 Å². The summed E-state index contributed by atoms with van der Waals surface area (Å²) < 4.78 is 19.6. The number of halogens is 1. The fourth-order valence-corrected chi connectivity index (χ4v) is 0.167. The lowest BCUT2D eigenvalue weighted by atomic mass is 10.6. The highest BCUT2D eigenvalue weighted by Crippen LogP contribution is 1.65. The average Bonchev–Trinajstić information content (AvgIpc) is 2.04. The molecule has 0 saturated heterocycles. The SMILES string of the molecule is CCC.CCF.COCCOC. The van der Waals surface area contributed by atoms with Crippen LogP contribution in [-0.4, -0.2) is 34.1 Å². The van der Waals surface area contributed by atoms with Crippen molar-refractivity contribution >= 4 is 0 Å². The van der Waals surface area contributed by atoms with Crippen molar-refractivity contribution in [1.29, 1.82) is 0 Å². The van der Waals surface area contributed by atoms with Gasteiger partial charge in [0.1, 0.15) is 0 Å². The summed E-state index contributed by atoms with van der Waals surface area (Å²) in [5, 5.41) is 0. The van der Waals surface area contributed by atoms with Gasteiger partial charge in [-0.15, -0.1) is 0 Å². The maximum absolute atomic E-state index is 10.3. The Morgan fingerprint density at radius 2 is 1.08 bits per heavy atom. The molecule has 0 aromatic carbocycles. The van der Waals surface area contributed by atoms with Crippen molar-refractivity contribution in [2.24, 2.45) is 0 Å². The summed E-state index contributed by atoms with van der Waals surface area (Å²) in [7, 11) is 3.30. The van der Waals surface area contributed by atoms with Gasteiger partial charge in [0.05, 0.1) is 19.9 Å². The van der Waals surface area contributed by atoms with Crippen LogP contribution in [0.2, 0.25) is 0 Å². The second kappa shape index (κ2) is 30.8. The smallest absolute Gasteiger partial charge is 0.0866 e. The Hall–Kier alpha value is -0.150. The fourth-order valence-electron chi connectivity index (χ4n) is 0.167. The lowest BCUT2D eigenvalue weighted by molar-refractivity contribution is 0.103. The van der Waals surface area contributed by atoms with Gasteiger partial charge in [0, 0.05) is 14.2 Å². The highest BCUT2D eigenvalue weighted by atomic mass is 19.1. The molecule has 0 aromatic rings. The molecule has 78 valence electrons. The zero-order valence-corrected chi connectivity index (χ0v) is 9.02. The topological polar surface area (TPSA) is 18.5 Å². The number of hydrogen-bond donors (Lipinski definition) is 0. The molecule has 0 aliphatic heterocycles. The van der Waals surface area contributed by atoms with Gasteiger partial charge >= 0.3 is 0 Å². The van der Waals surface area contributed by atoms with E-state index in [1.54, 1.807) is 14.2 Å². The van der Waals surface area contributed by atoms with Crippen molar-refractivity contribution in [2.45, 2.75) is 27.2 Å². The molecule has 0 amide bonds. The van der Waals surface area contributed by atoms with Crippen molar-refractivity contribution < 1.29 is 13.9 Å². The molecule has 0 aliphatic carbocycles. The second-order valence-electron chi connectivity index (χ2n) is 1.96. The van der Waals surface area contributed by atoms with Gasteiger partial charge in [0.15, 0.2) is 0 Å². The van der Waals surface area contributed by atoms with E-state index in [0.29, 0.717) is 13.2 Å². The first-order valence-electron chi connectivity index (χ1n) is 4.28. The summed E-state index contributed by atoms with van der Waals surface area (Å²) in [6.45, 7) is 6.84. The molecule has 0 bridgehead atoms. The van der Waals surface area contributed by atoms with Gasteiger partial charge in [-0.25, -0.2) is 0 Å². The van der Waals surface area contributed by atoms with Gasteiger partial charge in [-0.05, 0) is 6.92 Å². The minimum Gasteiger partial charge on any atom is -0.382 e. The van der Waals surface area contributed by atoms with Crippen molar-refractivity contribution in [1.82, 2.24) is 0 Å². The number of methoxy groups -OCH3 is 2. The van der Waals surface area contributed by atoms with E-state index in [1.807, 2.05) is 0 Å². The van der Waals surface area contributed by atoms with Crippen molar-refractivity contribution in [3.63, 3.8) is 0 Å². The first kappa shape index (κ1) is 17.8. The molecule has 0 radical (unpaired) electrons. The van der Waals surface area contributed by atoms with Crippen LogP contribution in [0.1, 0.15) is 27.2 Å². The molecule has 0 aliphatic rings. The molecule has 0 spiro atoms. The van der Waals surface area contributed by atoms with Crippen molar-refractivity contribution in [3.05, 3.63) is 0 Å². The Morgan fingerprint density at radius 1 is 0.917 bits per heavy atom. The summed E-state index contributed by atoms with van der Waals surface area (Å²) in [6, 6.07) is 0. The van der Waals surface area contributed by atoms with Crippen LogP contribution in [0.15, 0.2) is 0 Å². The minimum absolute atomic E-state index is 0.250. The molecule has 0 rings (SSSR count). The fraction of sp³-hybridized carbons (Fsp3) is 1.00. The van der Waals surface area contributed by atoms with Crippen LogP contribution in [0, 0.1) is 0 Å². The highest BCUT2D eigenvalue weighted by molar-refractivity contribution is 4.17. The third-order valence-corrected chi connectivity index (χ3v) is 0.492. The Labute approximate surface area is 76.1 Å². The van der Waals surface area contributed by atoms with E-state index in [1.165, 1.54) is 13.3 Å². The first-order chi connectivity index (χ1) is 5.74. The first-order valence-corrected chi connectivity index (χ1v) is 4.28. The summed E-state index contributed by atoms with van der Waals surface area (Å²) in [6.07, 6.45) is 1.25. The molecule has 0 saturated carbocycles. The molecular weight excluding hydrogens is 159 g/mol. The van der Waals surface area contributed by atoms with Gasteiger partial charge < -0.3 is 9.47 Å². The standard InChI is InChI=1S/C4H10O2.C3H8.C2H5F/c1-5-3-4-6-2;1-3-2;1-2-3/h3-4H2,1-2H3;3H2,1-2H3;2H2,1H3. The zero-order chi connectivity index (χ0) is 10.2. The molecule has 0 fully saturated rings. The molecule has 0 aromatic heterocycles. The number of ether oxygens (including phenoxy) is 2. The maximum Gasteiger partial charge on any atom is 0.0866 e. The Kier molecular flexibility index (Phi) is 45.7. The van der Waals surface area contributed by atoms with Crippen molar-refractivity contribution in [2.75, 3.05) is 34.1 Å². The Bertz CT molecular complexity index is 37.5. The third kappa shape index (κ3) is 95.0.